The van der Waals surface area contributed by atoms with Crippen molar-refractivity contribution >= 4 is 50.0 Å². The van der Waals surface area contributed by atoms with Crippen molar-refractivity contribution in [3.63, 3.8) is 0 Å². The molecule has 0 spiro atoms. The summed E-state index contributed by atoms with van der Waals surface area (Å²) in [5, 5.41) is 2.52. The molecular formula is C57H44N2. The predicted molar refractivity (Wildman–Crippen MR) is 250 cm³/mol. The maximum absolute atomic E-state index is 2.48. The molecule has 0 aliphatic heterocycles. The zero-order valence-corrected chi connectivity index (χ0v) is 33.4. The SMILES string of the molecule is CC1(C)c2ccccc2-c2ccc(N(c3ccc(-c4ccc5c(c4)c4ccccc4n5-c4ccccc4)cc3)c3ccccc3C3=CC(c4ccccc4)=CCC3)cc21. The molecule has 1 aromatic heterocycles. The van der Waals surface area contributed by atoms with Gasteiger partial charge in [-0.3, -0.25) is 0 Å². The van der Waals surface area contributed by atoms with E-state index in [1.807, 2.05) is 0 Å². The van der Waals surface area contributed by atoms with Crippen LogP contribution in [0.5, 0.6) is 0 Å². The Kier molecular flexibility index (Phi) is 8.34. The standard InChI is InChI=1S/C57H44N2/c1-57(2)52-25-12-9-23-48(52)49-34-33-46(38-53(49)57)58(54-26-13-10-22-47(54)43-19-15-18-41(36-43)39-16-5-3-6-17-39)45-31-28-40(29-32-45)42-30-35-56-51(37-42)50-24-11-14-27-55(50)59(56)44-20-7-4-8-21-44/h3-14,16-18,20-38H,15,19H2,1-2H3. The highest BCUT2D eigenvalue weighted by Crippen LogP contribution is 2.51. The van der Waals surface area contributed by atoms with E-state index in [9.17, 15) is 0 Å². The van der Waals surface area contributed by atoms with Crippen LogP contribution in [0.15, 0.2) is 206 Å². The minimum Gasteiger partial charge on any atom is -0.310 e. The number of aromatic nitrogens is 1. The fraction of sp³-hybridized carbons (Fsp3) is 0.0877. The van der Waals surface area contributed by atoms with Gasteiger partial charge in [-0.05, 0) is 124 Å². The largest absolute Gasteiger partial charge is 0.310 e. The van der Waals surface area contributed by atoms with Crippen molar-refractivity contribution in [3.8, 4) is 27.9 Å². The van der Waals surface area contributed by atoms with Crippen LogP contribution in [0.25, 0.3) is 60.9 Å². The van der Waals surface area contributed by atoms with E-state index in [-0.39, 0.29) is 5.41 Å². The molecule has 282 valence electrons. The maximum atomic E-state index is 2.48. The lowest BCUT2D eigenvalue weighted by Crippen LogP contribution is -2.17. The second-order valence-electron chi connectivity index (χ2n) is 16.5. The van der Waals surface area contributed by atoms with Crippen molar-refractivity contribution in [1.29, 1.82) is 0 Å². The zero-order chi connectivity index (χ0) is 39.5. The van der Waals surface area contributed by atoms with Crippen LogP contribution in [-0.2, 0) is 5.41 Å². The van der Waals surface area contributed by atoms with E-state index < -0.39 is 0 Å². The average molecular weight is 757 g/mol. The van der Waals surface area contributed by atoms with Crippen molar-refractivity contribution in [1.82, 2.24) is 4.57 Å². The molecule has 0 saturated heterocycles. The van der Waals surface area contributed by atoms with Gasteiger partial charge in [0.1, 0.15) is 0 Å². The fourth-order valence-corrected chi connectivity index (χ4v) is 9.76. The third-order valence-electron chi connectivity index (χ3n) is 12.7. The monoisotopic (exact) mass is 756 g/mol. The first kappa shape index (κ1) is 35.0. The molecular weight excluding hydrogens is 713 g/mol. The molecule has 0 radical (unpaired) electrons. The van der Waals surface area contributed by atoms with Crippen molar-refractivity contribution in [2.75, 3.05) is 4.90 Å². The fourth-order valence-electron chi connectivity index (χ4n) is 9.76. The second kappa shape index (κ2) is 14.0. The van der Waals surface area contributed by atoms with Gasteiger partial charge in [-0.2, -0.15) is 0 Å². The first-order valence-corrected chi connectivity index (χ1v) is 20.8. The van der Waals surface area contributed by atoms with Gasteiger partial charge in [-0.25, -0.2) is 0 Å². The van der Waals surface area contributed by atoms with Crippen LogP contribution in [0.3, 0.4) is 0 Å². The average Bonchev–Trinajstić information content (AvgIpc) is 3.75. The molecule has 0 fully saturated rings. The van der Waals surface area contributed by atoms with Crippen molar-refractivity contribution in [3.05, 3.63) is 229 Å². The van der Waals surface area contributed by atoms with Crippen LogP contribution in [0, 0.1) is 0 Å². The predicted octanol–water partition coefficient (Wildman–Crippen LogP) is 15.5. The molecule has 59 heavy (non-hydrogen) atoms. The van der Waals surface area contributed by atoms with E-state index in [4.69, 9.17) is 0 Å². The Balaban J connectivity index is 1.04. The van der Waals surface area contributed by atoms with Crippen LogP contribution in [0.1, 0.15) is 48.9 Å². The Labute approximate surface area is 346 Å². The molecule has 2 heteroatoms. The van der Waals surface area contributed by atoms with Crippen LogP contribution in [-0.4, -0.2) is 4.57 Å². The first-order valence-electron chi connectivity index (χ1n) is 20.8. The maximum Gasteiger partial charge on any atom is 0.0541 e. The lowest BCUT2D eigenvalue weighted by molar-refractivity contribution is 0.660. The highest BCUT2D eigenvalue weighted by atomic mass is 15.1. The Morgan fingerprint density at radius 3 is 1.95 bits per heavy atom. The van der Waals surface area contributed by atoms with E-state index in [2.05, 4.69) is 230 Å². The van der Waals surface area contributed by atoms with Gasteiger partial charge in [0.05, 0.1) is 16.7 Å². The number of benzene rings is 8. The smallest absolute Gasteiger partial charge is 0.0541 e. The molecule has 0 unspecified atom stereocenters. The van der Waals surface area contributed by atoms with E-state index in [0.717, 1.165) is 24.2 Å². The second-order valence-corrected chi connectivity index (χ2v) is 16.5. The molecule has 0 atom stereocenters. The Morgan fingerprint density at radius 2 is 1.12 bits per heavy atom. The summed E-state index contributed by atoms with van der Waals surface area (Å²) in [5.74, 6) is 0. The van der Waals surface area contributed by atoms with E-state index in [1.54, 1.807) is 0 Å². The number of hydrogen-bond acceptors (Lipinski definition) is 1. The molecule has 0 N–H and O–H groups in total. The summed E-state index contributed by atoms with van der Waals surface area (Å²) in [6, 6.07) is 71.4. The third kappa shape index (κ3) is 5.86. The number of fused-ring (bicyclic) bond motifs is 6. The van der Waals surface area contributed by atoms with Gasteiger partial charge >= 0.3 is 0 Å². The number of allylic oxidation sites excluding steroid dienone is 4. The number of anilines is 3. The summed E-state index contributed by atoms with van der Waals surface area (Å²) in [5.41, 5.74) is 20.0. The summed E-state index contributed by atoms with van der Waals surface area (Å²) in [4.78, 5) is 2.48. The Morgan fingerprint density at radius 1 is 0.475 bits per heavy atom. The van der Waals surface area contributed by atoms with Gasteiger partial charge in [0, 0.05) is 38.8 Å². The lowest BCUT2D eigenvalue weighted by atomic mass is 9.82. The highest BCUT2D eigenvalue weighted by molar-refractivity contribution is 6.10. The number of nitrogens with zero attached hydrogens (tertiary/aromatic N) is 2. The van der Waals surface area contributed by atoms with Crippen molar-refractivity contribution < 1.29 is 0 Å². The van der Waals surface area contributed by atoms with Gasteiger partial charge in [-0.15, -0.1) is 0 Å². The molecule has 2 aliphatic carbocycles. The van der Waals surface area contributed by atoms with E-state index in [1.165, 1.54) is 88.8 Å². The summed E-state index contributed by atoms with van der Waals surface area (Å²) in [7, 11) is 0. The summed E-state index contributed by atoms with van der Waals surface area (Å²) < 4.78 is 2.38. The minimum atomic E-state index is -0.111. The number of para-hydroxylation sites is 3. The van der Waals surface area contributed by atoms with E-state index >= 15 is 0 Å². The molecule has 8 aromatic carbocycles. The quantitative estimate of drug-likeness (QED) is 0.157. The molecule has 9 aromatic rings. The molecule has 2 nitrogen and oxygen atoms in total. The van der Waals surface area contributed by atoms with Gasteiger partial charge in [0.15, 0.2) is 0 Å². The zero-order valence-electron chi connectivity index (χ0n) is 33.4. The topological polar surface area (TPSA) is 8.17 Å². The van der Waals surface area contributed by atoms with Crippen molar-refractivity contribution in [2.45, 2.75) is 32.1 Å². The number of hydrogen-bond donors (Lipinski definition) is 0. The number of rotatable bonds is 7. The van der Waals surface area contributed by atoms with Crippen molar-refractivity contribution in [2.24, 2.45) is 0 Å². The lowest BCUT2D eigenvalue weighted by Gasteiger charge is -2.30. The van der Waals surface area contributed by atoms with E-state index in [0.29, 0.717) is 0 Å². The third-order valence-corrected chi connectivity index (χ3v) is 12.7. The summed E-state index contributed by atoms with van der Waals surface area (Å²) >= 11 is 0. The molecule has 0 amide bonds. The molecule has 2 aliphatic rings. The molecule has 0 saturated carbocycles. The van der Waals surface area contributed by atoms with Crippen LogP contribution in [0.4, 0.5) is 17.1 Å². The Hall–Kier alpha value is -7.16. The molecule has 0 bridgehead atoms. The Bertz CT molecular complexity index is 3110. The minimum absolute atomic E-state index is 0.111. The van der Waals surface area contributed by atoms with Crippen LogP contribution < -0.4 is 4.90 Å². The normalized spacial score (nSPS) is 14.1. The molecule has 11 rings (SSSR count). The molecule has 1 heterocycles. The summed E-state index contributed by atoms with van der Waals surface area (Å²) in [6.07, 6.45) is 6.80. The van der Waals surface area contributed by atoms with Crippen LogP contribution >= 0.6 is 0 Å². The van der Waals surface area contributed by atoms with Gasteiger partial charge in [-0.1, -0.05) is 159 Å². The highest BCUT2D eigenvalue weighted by Gasteiger charge is 2.36. The summed E-state index contributed by atoms with van der Waals surface area (Å²) in [6.45, 7) is 4.74. The van der Waals surface area contributed by atoms with Crippen LogP contribution in [0.2, 0.25) is 0 Å². The van der Waals surface area contributed by atoms with Gasteiger partial charge in [0.2, 0.25) is 0 Å². The van der Waals surface area contributed by atoms with Gasteiger partial charge < -0.3 is 9.47 Å². The first-order chi connectivity index (χ1) is 29.0. The van der Waals surface area contributed by atoms with Gasteiger partial charge in [0.25, 0.3) is 0 Å².